The minimum Gasteiger partial charge on any atom is -0.389 e. The van der Waals surface area contributed by atoms with Gasteiger partial charge in [-0.25, -0.2) is 4.98 Å². The predicted molar refractivity (Wildman–Crippen MR) is 109 cm³/mol. The normalized spacial score (nSPS) is 12.5. The molecule has 124 valence electrons. The Morgan fingerprint density at radius 1 is 0.962 bits per heavy atom. The molecule has 2 aromatic heterocycles. The summed E-state index contributed by atoms with van der Waals surface area (Å²) in [6, 6.07) is 17.3. The first-order valence-corrected chi connectivity index (χ1v) is 8.52. The Kier molecular flexibility index (Phi) is 4.43. The van der Waals surface area contributed by atoms with Crippen LogP contribution in [0.5, 0.6) is 0 Å². The highest BCUT2D eigenvalue weighted by atomic mass is 16.3. The summed E-state index contributed by atoms with van der Waals surface area (Å²) >= 11 is 0. The highest BCUT2D eigenvalue weighted by Crippen LogP contribution is 2.27. The summed E-state index contributed by atoms with van der Waals surface area (Å²) < 4.78 is 2.11. The van der Waals surface area contributed by atoms with Crippen LogP contribution in [0, 0.1) is 0 Å². The molecule has 6 heteroatoms. The van der Waals surface area contributed by atoms with Crippen molar-refractivity contribution in [2.24, 2.45) is 0 Å². The van der Waals surface area contributed by atoms with Crippen LogP contribution < -0.4 is 16.2 Å². The fraction of sp³-hybridized carbons (Fsp3) is 0.150. The lowest BCUT2D eigenvalue weighted by Gasteiger charge is -2.15. The number of aliphatic hydroxyl groups is 1. The van der Waals surface area contributed by atoms with Crippen LogP contribution in [0.25, 0.3) is 21.8 Å². The zero-order valence-corrected chi connectivity index (χ0v) is 14.3. The molecule has 2 aromatic carbocycles. The highest BCUT2D eigenvalue weighted by Gasteiger charge is 2.14. The van der Waals surface area contributed by atoms with E-state index < -0.39 is 6.10 Å². The maximum atomic E-state index is 10.5. The number of aromatic nitrogens is 2. The van der Waals surface area contributed by atoms with Gasteiger partial charge in [-0.15, -0.1) is 0 Å². The number of pyridine rings is 1. The number of anilines is 1. The maximum Gasteiger partial charge on any atom is 0.125 e. The molecule has 0 saturated carbocycles. The van der Waals surface area contributed by atoms with Crippen LogP contribution in [-0.4, -0.2) is 43.0 Å². The molecule has 0 aliphatic heterocycles. The molecule has 4 aromatic rings. The average Bonchev–Trinajstić information content (AvgIpc) is 2.93. The van der Waals surface area contributed by atoms with E-state index in [2.05, 4.69) is 14.9 Å². The molecule has 4 nitrogen and oxygen atoms in total. The zero-order chi connectivity index (χ0) is 18.1. The number of nitrogens with zero attached hydrogens (tertiary/aromatic N) is 2. The van der Waals surface area contributed by atoms with Crippen molar-refractivity contribution in [3.63, 3.8) is 0 Å². The van der Waals surface area contributed by atoms with Gasteiger partial charge in [0.2, 0.25) is 0 Å². The lowest BCUT2D eigenvalue weighted by Crippen LogP contribution is -2.25. The van der Waals surface area contributed by atoms with Crippen molar-refractivity contribution >= 4 is 54.2 Å². The van der Waals surface area contributed by atoms with E-state index in [0.29, 0.717) is 24.0 Å². The van der Waals surface area contributed by atoms with Crippen LogP contribution in [0.2, 0.25) is 0 Å². The molecule has 0 aliphatic rings. The van der Waals surface area contributed by atoms with E-state index in [-0.39, 0.29) is 0 Å². The van der Waals surface area contributed by atoms with E-state index in [4.69, 9.17) is 15.7 Å². The minimum atomic E-state index is -0.578. The second-order valence-corrected chi connectivity index (χ2v) is 6.41. The summed E-state index contributed by atoms with van der Waals surface area (Å²) in [7, 11) is 11.9. The van der Waals surface area contributed by atoms with Crippen molar-refractivity contribution in [1.29, 1.82) is 0 Å². The summed E-state index contributed by atoms with van der Waals surface area (Å²) in [5.74, 6) is 0.745. The Morgan fingerprint density at radius 2 is 1.62 bits per heavy atom. The van der Waals surface area contributed by atoms with Gasteiger partial charge < -0.3 is 15.0 Å². The Bertz CT molecular complexity index is 1000. The van der Waals surface area contributed by atoms with Crippen LogP contribution in [0.15, 0.2) is 60.8 Å². The van der Waals surface area contributed by atoms with Gasteiger partial charge in [0.25, 0.3) is 0 Å². The van der Waals surface area contributed by atoms with Crippen molar-refractivity contribution in [2.75, 3.05) is 11.9 Å². The molecule has 2 N–H and O–H groups in total. The van der Waals surface area contributed by atoms with E-state index in [1.165, 1.54) is 0 Å². The largest absolute Gasteiger partial charge is 0.389 e. The number of aliphatic hydroxyl groups excluding tert-OH is 1. The molecule has 0 bridgehead atoms. The number of rotatable bonds is 5. The fourth-order valence-corrected chi connectivity index (χ4v) is 3.30. The second kappa shape index (κ2) is 6.89. The summed E-state index contributed by atoms with van der Waals surface area (Å²) in [4.78, 5) is 4.21. The fourth-order valence-electron chi connectivity index (χ4n) is 3.30. The van der Waals surface area contributed by atoms with Crippen LogP contribution in [0.1, 0.15) is 0 Å². The number of benzene rings is 2. The summed E-state index contributed by atoms with van der Waals surface area (Å²) in [6.45, 7) is 0.857. The molecule has 0 aliphatic carbocycles. The first-order valence-electron chi connectivity index (χ1n) is 8.52. The van der Waals surface area contributed by atoms with Gasteiger partial charge in [0.05, 0.1) is 12.6 Å². The lowest BCUT2D eigenvalue weighted by atomic mass is 9.92. The van der Waals surface area contributed by atoms with Gasteiger partial charge in [-0.05, 0) is 24.3 Å². The quantitative estimate of drug-likeness (QED) is 0.539. The first-order chi connectivity index (χ1) is 12.6. The molecule has 1 atom stereocenters. The molecule has 0 spiro atoms. The Labute approximate surface area is 154 Å². The van der Waals surface area contributed by atoms with E-state index in [9.17, 15) is 5.11 Å². The molecule has 0 amide bonds. The van der Waals surface area contributed by atoms with Gasteiger partial charge >= 0.3 is 0 Å². The molecular formula is C20H17B2N3O. The maximum absolute atomic E-state index is 10.5. The van der Waals surface area contributed by atoms with Gasteiger partial charge in [0.1, 0.15) is 21.5 Å². The van der Waals surface area contributed by atoms with Crippen LogP contribution in [-0.2, 0) is 6.54 Å². The third-order valence-corrected chi connectivity index (χ3v) is 4.49. The number of fused-ring (bicyclic) bond motifs is 3. The molecule has 2 heterocycles. The Hall–Kier alpha value is -2.72. The van der Waals surface area contributed by atoms with Crippen molar-refractivity contribution in [2.45, 2.75) is 12.6 Å². The van der Waals surface area contributed by atoms with Crippen LogP contribution in [0.3, 0.4) is 0 Å². The topological polar surface area (TPSA) is 50.1 Å². The molecule has 4 radical (unpaired) electrons. The summed E-state index contributed by atoms with van der Waals surface area (Å²) in [5.41, 5.74) is 3.46. The van der Waals surface area contributed by atoms with Gasteiger partial charge in [-0.1, -0.05) is 41.3 Å². The van der Waals surface area contributed by atoms with Crippen molar-refractivity contribution in [1.82, 2.24) is 9.55 Å². The minimum absolute atomic E-state index is 0.405. The van der Waals surface area contributed by atoms with Crippen LogP contribution in [0.4, 0.5) is 5.82 Å². The van der Waals surface area contributed by atoms with Gasteiger partial charge in [-0.2, -0.15) is 0 Å². The smallest absolute Gasteiger partial charge is 0.125 e. The van der Waals surface area contributed by atoms with Crippen LogP contribution >= 0.6 is 0 Å². The highest BCUT2D eigenvalue weighted by molar-refractivity contribution is 6.35. The summed E-state index contributed by atoms with van der Waals surface area (Å²) in [5, 5.41) is 15.8. The molecule has 0 fully saturated rings. The SMILES string of the molecule is [B]c1ccc2c(c1)c1cc([B])ccc1n2CC(O)CNc1ccccn1. The number of nitrogens with one attached hydrogen (secondary N) is 1. The monoisotopic (exact) mass is 337 g/mol. The number of hydrogen-bond donors (Lipinski definition) is 2. The third kappa shape index (κ3) is 3.20. The number of hydrogen-bond acceptors (Lipinski definition) is 3. The average molecular weight is 337 g/mol. The van der Waals surface area contributed by atoms with Gasteiger partial charge in [-0.3, -0.25) is 0 Å². The molecule has 26 heavy (non-hydrogen) atoms. The Balaban J connectivity index is 1.66. The van der Waals surface area contributed by atoms with E-state index in [0.717, 1.165) is 27.6 Å². The van der Waals surface area contributed by atoms with Gasteiger partial charge in [0.15, 0.2) is 0 Å². The van der Waals surface area contributed by atoms with Crippen molar-refractivity contribution < 1.29 is 5.11 Å². The lowest BCUT2D eigenvalue weighted by molar-refractivity contribution is 0.169. The zero-order valence-electron chi connectivity index (χ0n) is 14.3. The molecule has 0 saturated heterocycles. The van der Waals surface area contributed by atoms with Gasteiger partial charge in [0, 0.05) is 34.5 Å². The van der Waals surface area contributed by atoms with Crippen molar-refractivity contribution in [3.05, 3.63) is 60.8 Å². The van der Waals surface area contributed by atoms with E-state index in [1.54, 1.807) is 6.20 Å². The molecular weight excluding hydrogens is 320 g/mol. The molecule has 4 rings (SSSR count). The second-order valence-electron chi connectivity index (χ2n) is 6.41. The predicted octanol–water partition coefficient (Wildman–Crippen LogP) is 1.25. The first kappa shape index (κ1) is 16.7. The van der Waals surface area contributed by atoms with E-state index in [1.807, 2.05) is 54.6 Å². The summed E-state index contributed by atoms with van der Waals surface area (Å²) in [6.07, 6.45) is 1.14. The van der Waals surface area contributed by atoms with E-state index >= 15 is 0 Å². The Morgan fingerprint density at radius 3 is 2.19 bits per heavy atom. The third-order valence-electron chi connectivity index (χ3n) is 4.49. The van der Waals surface area contributed by atoms with Crippen molar-refractivity contribution in [3.8, 4) is 0 Å². The molecule has 1 unspecified atom stereocenters. The standard InChI is InChI=1S/C20H17B2N3O/c21-13-4-6-18-16(9-13)17-10-14(22)5-7-19(17)25(18)12-15(26)11-24-20-3-1-2-8-23-20/h1-10,15,26H,11-12H2,(H,23,24).